The average Bonchev–Trinajstić information content (AvgIpc) is 3.29. The molecule has 2 aromatic heterocycles. The van der Waals surface area contributed by atoms with Crippen LogP contribution in [-0.4, -0.2) is 21.2 Å². The van der Waals surface area contributed by atoms with E-state index >= 15 is 0 Å². The predicted molar refractivity (Wildman–Crippen MR) is 84.5 cm³/mol. The summed E-state index contributed by atoms with van der Waals surface area (Å²) in [6.07, 6.45) is 3.66. The van der Waals surface area contributed by atoms with Crippen LogP contribution in [-0.2, 0) is 24.4 Å². The van der Waals surface area contributed by atoms with Gasteiger partial charge in [-0.25, -0.2) is 0 Å². The van der Waals surface area contributed by atoms with E-state index in [1.807, 2.05) is 24.3 Å². The molecule has 0 radical (unpaired) electrons. The number of aromatic nitrogens is 2. The molecule has 1 amide bonds. The second kappa shape index (κ2) is 7.56. The van der Waals surface area contributed by atoms with Crippen molar-refractivity contribution in [1.29, 1.82) is 0 Å². The lowest BCUT2D eigenvalue weighted by atomic mass is 10.1. The number of amides is 1. The highest BCUT2D eigenvalue weighted by Crippen LogP contribution is 2.16. The number of aryl methyl sites for hydroxylation is 1. The summed E-state index contributed by atoms with van der Waals surface area (Å²) in [7, 11) is 0. The lowest BCUT2D eigenvalue weighted by molar-refractivity contribution is -0.121. The van der Waals surface area contributed by atoms with Gasteiger partial charge in [-0.3, -0.25) is 4.79 Å². The minimum Gasteiger partial charge on any atom is -0.472 e. The Morgan fingerprint density at radius 3 is 2.79 bits per heavy atom. The molecule has 7 nitrogen and oxygen atoms in total. The lowest BCUT2D eigenvalue weighted by Crippen LogP contribution is -2.23. The number of aliphatic hydroxyl groups excluding tert-OH is 1. The van der Waals surface area contributed by atoms with E-state index in [1.165, 1.54) is 12.5 Å². The third-order valence-corrected chi connectivity index (χ3v) is 3.58. The quantitative estimate of drug-likeness (QED) is 0.689. The van der Waals surface area contributed by atoms with Crippen molar-refractivity contribution in [3.8, 4) is 11.4 Å². The first kappa shape index (κ1) is 15.9. The maximum absolute atomic E-state index is 11.9. The van der Waals surface area contributed by atoms with E-state index < -0.39 is 0 Å². The molecule has 7 heteroatoms. The summed E-state index contributed by atoms with van der Waals surface area (Å²) in [5.41, 5.74) is 2.43. The highest BCUT2D eigenvalue weighted by atomic mass is 16.5. The molecule has 0 saturated heterocycles. The lowest BCUT2D eigenvalue weighted by Gasteiger charge is -2.08. The molecule has 0 aliphatic rings. The second-order valence-corrected chi connectivity index (χ2v) is 5.23. The first-order valence-electron chi connectivity index (χ1n) is 7.56. The standard InChI is InChI=1S/C17H17N3O4/c21-10-13-4-2-1-3-12(13)9-18-15(22)5-6-16-19-17(20-24-16)14-7-8-23-11-14/h1-4,7-8,11,21H,5-6,9-10H2,(H,18,22). The maximum atomic E-state index is 11.9. The number of furan rings is 1. The predicted octanol–water partition coefficient (Wildman–Crippen LogP) is 2.07. The van der Waals surface area contributed by atoms with Gasteiger partial charge in [0.05, 0.1) is 18.4 Å². The van der Waals surface area contributed by atoms with Gasteiger partial charge >= 0.3 is 0 Å². The minimum atomic E-state index is -0.120. The van der Waals surface area contributed by atoms with E-state index in [0.717, 1.165) is 16.7 Å². The summed E-state index contributed by atoms with van der Waals surface area (Å²) in [5, 5.41) is 15.9. The summed E-state index contributed by atoms with van der Waals surface area (Å²) in [5.74, 6) is 0.721. The average molecular weight is 327 g/mol. The SMILES string of the molecule is O=C(CCc1nc(-c2ccoc2)no1)NCc1ccccc1CO. The third kappa shape index (κ3) is 3.88. The van der Waals surface area contributed by atoms with Gasteiger partial charge in [-0.2, -0.15) is 4.98 Å². The Balaban J connectivity index is 1.49. The number of aliphatic hydroxyl groups is 1. The van der Waals surface area contributed by atoms with Gasteiger partial charge in [0.15, 0.2) is 0 Å². The van der Waals surface area contributed by atoms with Crippen molar-refractivity contribution in [1.82, 2.24) is 15.5 Å². The van der Waals surface area contributed by atoms with Gasteiger partial charge in [-0.15, -0.1) is 0 Å². The molecule has 2 N–H and O–H groups in total. The van der Waals surface area contributed by atoms with Crippen LogP contribution in [0, 0.1) is 0 Å². The zero-order valence-electron chi connectivity index (χ0n) is 12.9. The Morgan fingerprint density at radius 1 is 1.21 bits per heavy atom. The Labute approximate surface area is 138 Å². The van der Waals surface area contributed by atoms with E-state index in [0.29, 0.717) is 24.7 Å². The van der Waals surface area contributed by atoms with Crippen LogP contribution in [0.2, 0.25) is 0 Å². The summed E-state index contributed by atoms with van der Waals surface area (Å²) < 4.78 is 10.1. The van der Waals surface area contributed by atoms with Crippen LogP contribution in [0.25, 0.3) is 11.4 Å². The molecule has 0 fully saturated rings. The van der Waals surface area contributed by atoms with Crippen LogP contribution in [0.15, 0.2) is 51.8 Å². The molecule has 124 valence electrons. The first-order valence-corrected chi connectivity index (χ1v) is 7.56. The van der Waals surface area contributed by atoms with E-state index in [1.54, 1.807) is 6.07 Å². The molecule has 1 aromatic carbocycles. The van der Waals surface area contributed by atoms with Gasteiger partial charge in [0.2, 0.25) is 17.6 Å². The monoisotopic (exact) mass is 327 g/mol. The fraction of sp³-hybridized carbons (Fsp3) is 0.235. The Hall–Kier alpha value is -2.93. The second-order valence-electron chi connectivity index (χ2n) is 5.23. The Morgan fingerprint density at radius 2 is 2.04 bits per heavy atom. The molecule has 3 aromatic rings. The zero-order chi connectivity index (χ0) is 16.8. The fourth-order valence-corrected chi connectivity index (χ4v) is 2.25. The number of carbonyl (C=O) groups excluding carboxylic acids is 1. The molecule has 0 unspecified atom stereocenters. The highest BCUT2D eigenvalue weighted by Gasteiger charge is 2.11. The number of hydrogen-bond donors (Lipinski definition) is 2. The topological polar surface area (TPSA) is 101 Å². The fourth-order valence-electron chi connectivity index (χ4n) is 2.25. The maximum Gasteiger partial charge on any atom is 0.227 e. The zero-order valence-corrected chi connectivity index (χ0v) is 12.9. The van der Waals surface area contributed by atoms with Crippen LogP contribution < -0.4 is 5.32 Å². The molecule has 0 saturated carbocycles. The van der Waals surface area contributed by atoms with Crippen molar-refractivity contribution in [2.75, 3.05) is 0 Å². The smallest absolute Gasteiger partial charge is 0.227 e. The van der Waals surface area contributed by atoms with Crippen LogP contribution >= 0.6 is 0 Å². The molecule has 0 aliphatic carbocycles. The van der Waals surface area contributed by atoms with Crippen molar-refractivity contribution < 1.29 is 18.8 Å². The van der Waals surface area contributed by atoms with E-state index in [4.69, 9.17) is 8.94 Å². The largest absolute Gasteiger partial charge is 0.472 e. The number of rotatable bonds is 7. The van der Waals surface area contributed by atoms with Gasteiger partial charge < -0.3 is 19.4 Å². The molecular formula is C17H17N3O4. The molecule has 24 heavy (non-hydrogen) atoms. The minimum absolute atomic E-state index is 0.0508. The molecule has 3 rings (SSSR count). The van der Waals surface area contributed by atoms with Gasteiger partial charge in [0.25, 0.3) is 0 Å². The van der Waals surface area contributed by atoms with Crippen molar-refractivity contribution in [2.24, 2.45) is 0 Å². The van der Waals surface area contributed by atoms with Crippen molar-refractivity contribution >= 4 is 5.91 Å². The van der Waals surface area contributed by atoms with Crippen LogP contribution in [0.5, 0.6) is 0 Å². The number of hydrogen-bond acceptors (Lipinski definition) is 6. The number of nitrogens with one attached hydrogen (secondary N) is 1. The summed E-state index contributed by atoms with van der Waals surface area (Å²) >= 11 is 0. The van der Waals surface area contributed by atoms with Crippen LogP contribution in [0.4, 0.5) is 0 Å². The van der Waals surface area contributed by atoms with Gasteiger partial charge in [-0.05, 0) is 17.2 Å². The van der Waals surface area contributed by atoms with Crippen LogP contribution in [0.1, 0.15) is 23.4 Å². The molecule has 0 spiro atoms. The van der Waals surface area contributed by atoms with Crippen molar-refractivity contribution in [2.45, 2.75) is 26.0 Å². The first-order chi connectivity index (χ1) is 11.8. The normalized spacial score (nSPS) is 10.7. The van der Waals surface area contributed by atoms with Gasteiger partial charge in [-0.1, -0.05) is 29.4 Å². The number of carbonyl (C=O) groups is 1. The van der Waals surface area contributed by atoms with Gasteiger partial charge in [0.1, 0.15) is 6.26 Å². The Bertz CT molecular complexity index is 796. The van der Waals surface area contributed by atoms with E-state index in [2.05, 4.69) is 15.5 Å². The third-order valence-electron chi connectivity index (χ3n) is 3.58. The van der Waals surface area contributed by atoms with Crippen LogP contribution in [0.3, 0.4) is 0 Å². The molecular weight excluding hydrogens is 310 g/mol. The van der Waals surface area contributed by atoms with Gasteiger partial charge in [0, 0.05) is 19.4 Å². The molecule has 0 bridgehead atoms. The molecule has 0 aliphatic heterocycles. The number of benzene rings is 1. The van der Waals surface area contributed by atoms with Crippen molar-refractivity contribution in [3.63, 3.8) is 0 Å². The Kier molecular flexibility index (Phi) is 5.02. The highest BCUT2D eigenvalue weighted by molar-refractivity contribution is 5.76. The molecule has 2 heterocycles. The van der Waals surface area contributed by atoms with E-state index in [-0.39, 0.29) is 18.9 Å². The summed E-state index contributed by atoms with van der Waals surface area (Å²) in [6.45, 7) is 0.324. The number of nitrogens with zero attached hydrogens (tertiary/aromatic N) is 2. The summed E-state index contributed by atoms with van der Waals surface area (Å²) in [4.78, 5) is 16.2. The molecule has 0 atom stereocenters. The summed E-state index contributed by atoms with van der Waals surface area (Å²) in [6, 6.07) is 9.17. The van der Waals surface area contributed by atoms with E-state index in [9.17, 15) is 9.90 Å². The van der Waals surface area contributed by atoms with Crippen molar-refractivity contribution in [3.05, 3.63) is 59.9 Å².